The normalized spacial score (nSPS) is 10.5. The average molecular weight is 455 g/mol. The van der Waals surface area contributed by atoms with Crippen LogP contribution in [0, 0.1) is 26.8 Å². The van der Waals surface area contributed by atoms with Gasteiger partial charge in [-0.1, -0.05) is 11.8 Å². The van der Waals surface area contributed by atoms with Crippen molar-refractivity contribution < 1.29 is 42.1 Å². The van der Waals surface area contributed by atoms with Crippen molar-refractivity contribution in [2.45, 2.75) is 0 Å². The number of carbonyl (C=O) groups is 2. The minimum absolute atomic E-state index is 0.254. The van der Waals surface area contributed by atoms with Crippen molar-refractivity contribution in [2.75, 3.05) is 0 Å². The first kappa shape index (κ1) is 18.0. The molecule has 0 saturated heterocycles. The van der Waals surface area contributed by atoms with Crippen LogP contribution in [0.25, 0.3) is 0 Å². The number of benzene rings is 2. The van der Waals surface area contributed by atoms with Crippen LogP contribution in [0.15, 0.2) is 18.2 Å². The molecule has 0 aliphatic carbocycles. The fraction of sp³-hybridized carbons (Fsp3) is 0. The molecule has 0 fully saturated rings. The van der Waals surface area contributed by atoms with E-state index in [1.165, 1.54) is 6.07 Å². The van der Waals surface area contributed by atoms with Gasteiger partial charge in [-0.2, -0.15) is 8.78 Å². The van der Waals surface area contributed by atoms with Crippen molar-refractivity contribution in [1.82, 2.24) is 0 Å². The van der Waals surface area contributed by atoms with Crippen molar-refractivity contribution in [3.8, 4) is 11.5 Å². The predicted molar refractivity (Wildman–Crippen MR) is 76.8 cm³/mol. The van der Waals surface area contributed by atoms with Gasteiger partial charge < -0.3 is 14.9 Å². The summed E-state index contributed by atoms with van der Waals surface area (Å²) >= 11 is 1.68. The van der Waals surface area contributed by atoms with Gasteiger partial charge in [0.15, 0.2) is 11.6 Å². The van der Waals surface area contributed by atoms with Gasteiger partial charge in [-0.05, 0) is 34.7 Å². The second-order valence-corrected chi connectivity index (χ2v) is 5.46. The predicted octanol–water partition coefficient (Wildman–Crippen LogP) is 2.84. The first-order valence-corrected chi connectivity index (χ1v) is 7.01. The Morgan fingerprint density at radius 2 is 1.58 bits per heavy atom. The third-order valence-electron chi connectivity index (χ3n) is 2.80. The Kier molecular flexibility index (Phi) is 4.96. The zero-order valence-electron chi connectivity index (χ0n) is 11.2. The van der Waals surface area contributed by atoms with Gasteiger partial charge in [-0.3, -0.25) is 0 Å². The summed E-state index contributed by atoms with van der Waals surface area (Å²) in [7, 11) is 0. The summed E-state index contributed by atoms with van der Waals surface area (Å²) in [6.07, 6.45) is 0. The number of hydrogen-bond acceptors (Lipinski definition) is 4. The van der Waals surface area contributed by atoms with Gasteiger partial charge in [0.1, 0.15) is 5.56 Å². The molecule has 2 rings (SSSR count). The Labute approximate surface area is 144 Å². The van der Waals surface area contributed by atoms with E-state index in [9.17, 15) is 32.3 Å². The highest BCUT2D eigenvalue weighted by molar-refractivity contribution is 14.1. The molecule has 2 aromatic rings. The van der Waals surface area contributed by atoms with Gasteiger partial charge >= 0.3 is 11.9 Å². The Morgan fingerprint density at radius 3 is 2.04 bits per heavy atom. The van der Waals surface area contributed by atoms with Crippen molar-refractivity contribution in [2.24, 2.45) is 0 Å². The van der Waals surface area contributed by atoms with Crippen LogP contribution in [0.5, 0.6) is 11.5 Å². The number of carboxylic acid groups (broad SMARTS) is 1. The van der Waals surface area contributed by atoms with Crippen LogP contribution >= 0.6 is 22.6 Å². The molecule has 1 N–H and O–H groups in total. The molecule has 24 heavy (non-hydrogen) atoms. The quantitative estimate of drug-likeness (QED) is 0.253. The lowest BCUT2D eigenvalue weighted by atomic mass is 10.1. The molecule has 5 nitrogen and oxygen atoms in total. The monoisotopic (exact) mass is 455 g/mol. The summed E-state index contributed by atoms with van der Waals surface area (Å²) in [5.74, 6) is -14.8. The van der Waals surface area contributed by atoms with Gasteiger partial charge in [0.2, 0.25) is 17.4 Å². The summed E-state index contributed by atoms with van der Waals surface area (Å²) in [4.78, 5) is 22.4. The van der Waals surface area contributed by atoms with Gasteiger partial charge in [-0.15, -0.1) is 0 Å². The molecule has 0 saturated carbocycles. The standard InChI is InChI=1S/C14H5F4IO5/c15-8-7(13(21)22)9(16)11(18)12(10(8)17)24-14(23)4-1-2-5(19)6(20)3-4/h1-3,20H,(H,21,22)/p-1. The number of aromatic carboxylic acids is 1. The molecule has 0 heterocycles. The van der Waals surface area contributed by atoms with Crippen molar-refractivity contribution in [3.63, 3.8) is 0 Å². The van der Waals surface area contributed by atoms with Gasteiger partial charge in [-0.25, -0.2) is 18.4 Å². The maximum Gasteiger partial charge on any atom is 0.343 e. The topological polar surface area (TPSA) is 86.7 Å². The Hall–Kier alpha value is -2.37. The smallest absolute Gasteiger partial charge is 0.343 e. The van der Waals surface area contributed by atoms with Gasteiger partial charge in [0.25, 0.3) is 0 Å². The van der Waals surface area contributed by atoms with E-state index in [1.54, 1.807) is 22.6 Å². The van der Waals surface area contributed by atoms with Crippen LogP contribution in [-0.4, -0.2) is 17.0 Å². The van der Waals surface area contributed by atoms with Crippen LogP contribution in [0.2, 0.25) is 0 Å². The van der Waals surface area contributed by atoms with E-state index in [2.05, 4.69) is 4.74 Å². The second kappa shape index (κ2) is 6.63. The van der Waals surface area contributed by atoms with E-state index in [1.807, 2.05) is 0 Å². The van der Waals surface area contributed by atoms with E-state index in [4.69, 9.17) is 5.11 Å². The molecule has 0 spiro atoms. The molecule has 0 atom stereocenters. The first-order valence-electron chi connectivity index (χ1n) is 5.93. The molecule has 0 bridgehead atoms. The summed E-state index contributed by atoms with van der Waals surface area (Å²) in [5, 5.41) is 20.0. The number of ether oxygens (including phenoxy) is 1. The molecule has 0 amide bonds. The fourth-order valence-electron chi connectivity index (χ4n) is 1.67. The lowest BCUT2D eigenvalue weighted by Gasteiger charge is -2.12. The molecule has 2 aromatic carbocycles. The van der Waals surface area contributed by atoms with E-state index in [0.717, 1.165) is 12.1 Å². The zero-order valence-corrected chi connectivity index (χ0v) is 13.4. The number of carbonyl (C=O) groups excluding carboxylic acids is 1. The number of hydrogen-bond donors (Lipinski definition) is 1. The van der Waals surface area contributed by atoms with Crippen LogP contribution in [-0.2, 0) is 0 Å². The highest BCUT2D eigenvalue weighted by Crippen LogP contribution is 2.31. The summed E-state index contributed by atoms with van der Waals surface area (Å²) < 4.78 is 58.9. The van der Waals surface area contributed by atoms with Gasteiger partial charge in [0, 0.05) is 3.57 Å². The molecule has 0 radical (unpaired) electrons. The van der Waals surface area contributed by atoms with E-state index in [-0.39, 0.29) is 3.57 Å². The number of carboxylic acids is 1. The van der Waals surface area contributed by atoms with E-state index >= 15 is 0 Å². The maximum atomic E-state index is 13.7. The third kappa shape index (κ3) is 3.13. The Morgan fingerprint density at radius 1 is 1.04 bits per heavy atom. The first-order chi connectivity index (χ1) is 11.1. The highest BCUT2D eigenvalue weighted by atomic mass is 127. The van der Waals surface area contributed by atoms with Crippen molar-refractivity contribution in [3.05, 3.63) is 56.2 Å². The second-order valence-electron chi connectivity index (χ2n) is 4.30. The molecule has 126 valence electrons. The van der Waals surface area contributed by atoms with Crippen LogP contribution < -0.4 is 9.84 Å². The number of esters is 1. The molecule has 0 aromatic heterocycles. The van der Waals surface area contributed by atoms with Gasteiger partial charge in [0.05, 0.1) is 5.56 Å². The number of halogens is 5. The largest absolute Gasteiger partial charge is 0.872 e. The molecule has 0 aliphatic rings. The molecular weight excluding hydrogens is 451 g/mol. The van der Waals surface area contributed by atoms with E-state index < -0.39 is 57.8 Å². The van der Waals surface area contributed by atoms with Crippen LogP contribution in [0.1, 0.15) is 20.7 Å². The molecular formula is C14H4F4IO5-. The maximum absolute atomic E-state index is 13.7. The lowest BCUT2D eigenvalue weighted by molar-refractivity contribution is -0.269. The zero-order chi connectivity index (χ0) is 18.2. The summed E-state index contributed by atoms with van der Waals surface area (Å²) in [5.41, 5.74) is -2.27. The van der Waals surface area contributed by atoms with Crippen LogP contribution in [0.3, 0.4) is 0 Å². The highest BCUT2D eigenvalue weighted by Gasteiger charge is 2.31. The summed E-state index contributed by atoms with van der Waals surface area (Å²) in [6, 6.07) is 3.12. The van der Waals surface area contributed by atoms with Crippen molar-refractivity contribution in [1.29, 1.82) is 0 Å². The lowest BCUT2D eigenvalue weighted by Crippen LogP contribution is -2.16. The summed E-state index contributed by atoms with van der Waals surface area (Å²) in [6.45, 7) is 0. The average Bonchev–Trinajstić information content (AvgIpc) is 2.52. The minimum atomic E-state index is -2.24. The molecule has 0 aliphatic heterocycles. The number of rotatable bonds is 3. The SMILES string of the molecule is O=C(Oc1c(F)c(F)c(C(=O)O)c(F)c1F)c1ccc(I)c([O-])c1. The fourth-order valence-corrected chi connectivity index (χ4v) is 2.01. The van der Waals surface area contributed by atoms with Crippen molar-refractivity contribution >= 4 is 34.5 Å². The molecule has 0 unspecified atom stereocenters. The Bertz CT molecular complexity index is 840. The minimum Gasteiger partial charge on any atom is -0.872 e. The Balaban J connectivity index is 2.48. The van der Waals surface area contributed by atoms with E-state index in [0.29, 0.717) is 0 Å². The molecule has 10 heteroatoms. The third-order valence-corrected chi connectivity index (χ3v) is 3.69. The van der Waals surface area contributed by atoms with Crippen LogP contribution in [0.4, 0.5) is 17.6 Å².